The molecule has 1 aromatic carbocycles. The van der Waals surface area contributed by atoms with Gasteiger partial charge in [0.05, 0.1) is 13.2 Å². The van der Waals surface area contributed by atoms with Crippen LogP contribution in [0, 0.1) is 0 Å². The molecule has 2 saturated heterocycles. The predicted octanol–water partition coefficient (Wildman–Crippen LogP) is 2.45. The van der Waals surface area contributed by atoms with Crippen molar-refractivity contribution in [2.75, 3.05) is 29.7 Å². The van der Waals surface area contributed by atoms with E-state index in [0.29, 0.717) is 17.3 Å². The first-order valence-electron chi connectivity index (χ1n) is 9.58. The molecule has 3 aliphatic rings. The number of rotatable bonds is 5. The van der Waals surface area contributed by atoms with Gasteiger partial charge in [-0.2, -0.15) is 0 Å². The standard InChI is InChI=1S/C18H21BrN5O6P/c1-26-14-13-11(8-28-31(25,30-13)27-7-10-5-3-2-4-6-10)29-17(14)24-16-12(23-18(24)19)15(20)21-9-22-16/h2-6,9,11,13-14,17-18,23H,7-8H2,1H3,(H2,20,21,22)/t11-,13+,14+,17-,18?,31-/m1/s1. The summed E-state index contributed by atoms with van der Waals surface area (Å²) in [5, 5.41) is 2.81. The summed E-state index contributed by atoms with van der Waals surface area (Å²) in [5.74, 6) is 0.879. The second-order valence-electron chi connectivity index (χ2n) is 7.18. The number of phosphoric acid groups is 1. The molecule has 2 aromatic rings. The fourth-order valence-corrected chi connectivity index (χ4v) is 5.90. The molecule has 6 atom stereocenters. The molecule has 0 amide bonds. The minimum atomic E-state index is -3.80. The van der Waals surface area contributed by atoms with Gasteiger partial charge in [0.15, 0.2) is 22.9 Å². The Bertz CT molecular complexity index is 1000. The van der Waals surface area contributed by atoms with Crippen molar-refractivity contribution in [3.05, 3.63) is 42.2 Å². The lowest BCUT2D eigenvalue weighted by atomic mass is 10.1. The van der Waals surface area contributed by atoms with Gasteiger partial charge in [-0.3, -0.25) is 18.5 Å². The monoisotopic (exact) mass is 513 g/mol. The van der Waals surface area contributed by atoms with Crippen molar-refractivity contribution < 1.29 is 27.6 Å². The van der Waals surface area contributed by atoms with E-state index in [1.54, 1.807) is 7.11 Å². The molecule has 3 N–H and O–H groups in total. The van der Waals surface area contributed by atoms with E-state index >= 15 is 0 Å². The molecule has 1 aromatic heterocycles. The number of hydrogen-bond donors (Lipinski definition) is 2. The Morgan fingerprint density at radius 2 is 2.16 bits per heavy atom. The third kappa shape index (κ3) is 3.82. The summed E-state index contributed by atoms with van der Waals surface area (Å²) < 4.78 is 41.8. The van der Waals surface area contributed by atoms with Gasteiger partial charge in [0.25, 0.3) is 0 Å². The summed E-state index contributed by atoms with van der Waals surface area (Å²) in [7, 11) is -2.26. The summed E-state index contributed by atoms with van der Waals surface area (Å²) in [5.41, 5.74) is 7.41. The first-order chi connectivity index (χ1) is 15.0. The second kappa shape index (κ2) is 8.28. The molecule has 166 valence electrons. The lowest BCUT2D eigenvalue weighted by Gasteiger charge is -2.32. The van der Waals surface area contributed by atoms with Gasteiger partial charge in [0.1, 0.15) is 30.3 Å². The van der Waals surface area contributed by atoms with Gasteiger partial charge in [-0.15, -0.1) is 0 Å². The highest BCUT2D eigenvalue weighted by atomic mass is 79.9. The average Bonchev–Trinajstić information content (AvgIpc) is 3.29. The second-order valence-corrected chi connectivity index (χ2v) is 9.67. The number of methoxy groups -OCH3 is 1. The van der Waals surface area contributed by atoms with Gasteiger partial charge in [0.2, 0.25) is 0 Å². The van der Waals surface area contributed by atoms with Crippen LogP contribution in [0.15, 0.2) is 36.7 Å². The summed E-state index contributed by atoms with van der Waals surface area (Å²) in [6.45, 7) is 0.139. The maximum absolute atomic E-state index is 13.1. The van der Waals surface area contributed by atoms with Crippen LogP contribution in [0.1, 0.15) is 5.56 Å². The third-order valence-electron chi connectivity index (χ3n) is 5.32. The van der Waals surface area contributed by atoms with Gasteiger partial charge >= 0.3 is 7.82 Å². The van der Waals surface area contributed by atoms with Crippen LogP contribution < -0.4 is 16.0 Å². The van der Waals surface area contributed by atoms with Crippen LogP contribution in [-0.2, 0) is 34.2 Å². The lowest BCUT2D eigenvalue weighted by molar-refractivity contribution is -0.0635. The Hall–Kier alpha value is -1.79. The first-order valence-corrected chi connectivity index (χ1v) is 12.0. The van der Waals surface area contributed by atoms with E-state index in [1.807, 2.05) is 35.2 Å². The Kier molecular flexibility index (Phi) is 5.63. The van der Waals surface area contributed by atoms with Crippen LogP contribution in [0.3, 0.4) is 0 Å². The van der Waals surface area contributed by atoms with Crippen LogP contribution in [0.5, 0.6) is 0 Å². The van der Waals surface area contributed by atoms with Crippen LogP contribution in [0.4, 0.5) is 17.3 Å². The maximum Gasteiger partial charge on any atom is 0.475 e. The Morgan fingerprint density at radius 3 is 2.94 bits per heavy atom. The number of anilines is 3. The molecule has 3 aliphatic heterocycles. The number of aromatic nitrogens is 2. The Labute approximate surface area is 186 Å². The minimum Gasteiger partial charge on any atom is -0.382 e. The number of ether oxygens (including phenoxy) is 2. The molecule has 5 rings (SSSR count). The van der Waals surface area contributed by atoms with Crippen molar-refractivity contribution >= 4 is 41.1 Å². The van der Waals surface area contributed by atoms with Crippen molar-refractivity contribution in [1.82, 2.24) is 9.97 Å². The highest BCUT2D eigenvalue weighted by Crippen LogP contribution is 2.57. The number of halogens is 1. The van der Waals surface area contributed by atoms with Crippen LogP contribution in [0.2, 0.25) is 0 Å². The van der Waals surface area contributed by atoms with Crippen molar-refractivity contribution in [2.24, 2.45) is 0 Å². The van der Waals surface area contributed by atoms with E-state index in [4.69, 9.17) is 28.8 Å². The van der Waals surface area contributed by atoms with Gasteiger partial charge in [-0.1, -0.05) is 30.3 Å². The number of phosphoric ester groups is 1. The fourth-order valence-electron chi connectivity index (χ4n) is 3.85. The fraction of sp³-hybridized carbons (Fsp3) is 0.444. The topological polar surface area (TPSA) is 130 Å². The van der Waals surface area contributed by atoms with Gasteiger partial charge in [-0.05, 0) is 21.5 Å². The zero-order valence-electron chi connectivity index (χ0n) is 16.5. The Balaban J connectivity index is 1.35. The quantitative estimate of drug-likeness (QED) is 0.347. The minimum absolute atomic E-state index is 0.0418. The summed E-state index contributed by atoms with van der Waals surface area (Å²) >= 11 is 3.56. The average molecular weight is 514 g/mol. The van der Waals surface area contributed by atoms with Crippen LogP contribution >= 0.6 is 23.8 Å². The largest absolute Gasteiger partial charge is 0.475 e. The SMILES string of the molecule is CO[C@H]1[C@H]2O[P@](=O)(OCc3ccccc3)OC[C@H]2O[C@H]1N1c2ncnc(N)c2NC1Br. The van der Waals surface area contributed by atoms with E-state index in [0.717, 1.165) is 5.56 Å². The molecule has 31 heavy (non-hydrogen) atoms. The molecule has 0 aliphatic carbocycles. The number of nitrogens with two attached hydrogens (primary N) is 1. The molecule has 4 heterocycles. The third-order valence-corrected chi connectivity index (χ3v) is 7.40. The first kappa shape index (κ1) is 21.1. The van der Waals surface area contributed by atoms with Crippen molar-refractivity contribution in [1.29, 1.82) is 0 Å². The van der Waals surface area contributed by atoms with E-state index in [-0.39, 0.29) is 18.3 Å². The summed E-state index contributed by atoms with van der Waals surface area (Å²) in [6, 6.07) is 9.38. The molecular formula is C18H21BrN5O6P. The van der Waals surface area contributed by atoms with Crippen molar-refractivity contribution in [3.63, 3.8) is 0 Å². The number of alkyl halides is 1. The van der Waals surface area contributed by atoms with Crippen LogP contribution in [-0.4, -0.2) is 53.3 Å². The highest BCUT2D eigenvalue weighted by Gasteiger charge is 2.57. The molecule has 11 nitrogen and oxygen atoms in total. The number of nitrogens with one attached hydrogen (secondary N) is 1. The zero-order valence-corrected chi connectivity index (χ0v) is 18.9. The van der Waals surface area contributed by atoms with E-state index in [9.17, 15) is 4.57 Å². The molecule has 1 unspecified atom stereocenters. The predicted molar refractivity (Wildman–Crippen MR) is 114 cm³/mol. The highest BCUT2D eigenvalue weighted by molar-refractivity contribution is 9.09. The maximum atomic E-state index is 13.1. The summed E-state index contributed by atoms with van der Waals surface area (Å²) in [4.78, 5) is 10.2. The molecule has 2 fully saturated rings. The molecular weight excluding hydrogens is 493 g/mol. The molecule has 0 spiro atoms. The molecule has 0 radical (unpaired) electrons. The number of hydrogen-bond acceptors (Lipinski definition) is 11. The molecule has 0 saturated carbocycles. The van der Waals surface area contributed by atoms with E-state index in [2.05, 4.69) is 31.2 Å². The van der Waals surface area contributed by atoms with Crippen molar-refractivity contribution in [2.45, 2.75) is 36.2 Å². The number of benzene rings is 1. The van der Waals surface area contributed by atoms with Gasteiger partial charge < -0.3 is 20.5 Å². The number of nitrogens with zero attached hydrogens (tertiary/aromatic N) is 3. The van der Waals surface area contributed by atoms with E-state index < -0.39 is 32.4 Å². The normalized spacial score (nSPS) is 34.3. The summed E-state index contributed by atoms with van der Waals surface area (Å²) in [6.07, 6.45) is -0.986. The van der Waals surface area contributed by atoms with Crippen LogP contribution in [0.25, 0.3) is 0 Å². The molecule has 0 bridgehead atoms. The number of fused-ring (bicyclic) bond motifs is 2. The number of nitrogen functional groups attached to an aromatic ring is 1. The van der Waals surface area contributed by atoms with E-state index in [1.165, 1.54) is 6.33 Å². The van der Waals surface area contributed by atoms with Gasteiger partial charge in [-0.25, -0.2) is 14.5 Å². The smallest absolute Gasteiger partial charge is 0.382 e. The lowest BCUT2D eigenvalue weighted by Crippen LogP contribution is -2.49. The molecule has 13 heteroatoms. The van der Waals surface area contributed by atoms with Gasteiger partial charge in [0, 0.05) is 7.11 Å². The zero-order chi connectivity index (χ0) is 21.6. The van der Waals surface area contributed by atoms with Crippen molar-refractivity contribution in [3.8, 4) is 0 Å². The Morgan fingerprint density at radius 1 is 1.35 bits per heavy atom.